The highest BCUT2D eigenvalue weighted by Crippen LogP contribution is 2.38. The second-order valence-corrected chi connectivity index (χ2v) is 7.36. The van der Waals surface area contributed by atoms with E-state index in [2.05, 4.69) is 37.1 Å². The standard InChI is InChI=1S/C13H18N2OS2/c1-8(2)13(4)11(16)15-12(18-13)14-9(3)10-6-5-7-17-10/h5-9H,1-4H3,(H,14,15,16)/t9-,13+/m0/s1. The molecular weight excluding hydrogens is 264 g/mol. The predicted octanol–water partition coefficient (Wildman–Crippen LogP) is 3.44. The summed E-state index contributed by atoms with van der Waals surface area (Å²) in [6.07, 6.45) is 0. The molecule has 98 valence electrons. The van der Waals surface area contributed by atoms with Gasteiger partial charge in [-0.1, -0.05) is 31.7 Å². The van der Waals surface area contributed by atoms with Crippen LogP contribution in [0, 0.1) is 5.92 Å². The lowest BCUT2D eigenvalue weighted by Crippen LogP contribution is -2.38. The number of hydrogen-bond donors (Lipinski definition) is 1. The molecule has 1 saturated heterocycles. The molecule has 18 heavy (non-hydrogen) atoms. The molecule has 0 unspecified atom stereocenters. The summed E-state index contributed by atoms with van der Waals surface area (Å²) in [5.74, 6) is 0.354. The monoisotopic (exact) mass is 282 g/mol. The number of nitrogens with one attached hydrogen (secondary N) is 1. The van der Waals surface area contributed by atoms with Gasteiger partial charge in [-0.3, -0.25) is 9.79 Å². The van der Waals surface area contributed by atoms with Gasteiger partial charge in [0.2, 0.25) is 5.91 Å². The maximum Gasteiger partial charge on any atom is 0.242 e. The molecule has 5 heteroatoms. The van der Waals surface area contributed by atoms with Gasteiger partial charge in [0, 0.05) is 4.88 Å². The zero-order valence-corrected chi connectivity index (χ0v) is 12.7. The fourth-order valence-electron chi connectivity index (χ4n) is 1.70. The Balaban J connectivity index is 2.15. The minimum atomic E-state index is -0.395. The third-order valence-corrected chi connectivity index (χ3v) is 5.87. The topological polar surface area (TPSA) is 41.5 Å². The molecule has 1 aliphatic heterocycles. The van der Waals surface area contributed by atoms with Gasteiger partial charge in [0.05, 0.1) is 6.04 Å². The van der Waals surface area contributed by atoms with Crippen molar-refractivity contribution in [3.8, 4) is 0 Å². The van der Waals surface area contributed by atoms with Crippen LogP contribution in [-0.4, -0.2) is 15.8 Å². The lowest BCUT2D eigenvalue weighted by Gasteiger charge is -2.22. The molecule has 0 bridgehead atoms. The summed E-state index contributed by atoms with van der Waals surface area (Å²) in [6, 6.07) is 4.19. The molecule has 0 aromatic carbocycles. The highest BCUT2D eigenvalue weighted by molar-refractivity contribution is 8.16. The van der Waals surface area contributed by atoms with Gasteiger partial charge < -0.3 is 5.32 Å². The molecule has 2 atom stereocenters. The van der Waals surface area contributed by atoms with Gasteiger partial charge in [-0.15, -0.1) is 11.3 Å². The lowest BCUT2D eigenvalue weighted by atomic mass is 9.96. The number of thiophene rings is 1. The normalized spacial score (nSPS) is 27.8. The number of amides is 1. The van der Waals surface area contributed by atoms with Gasteiger partial charge in [0.1, 0.15) is 4.75 Å². The summed E-state index contributed by atoms with van der Waals surface area (Å²) in [5.41, 5.74) is 0. The molecule has 1 fully saturated rings. The van der Waals surface area contributed by atoms with Crippen LogP contribution in [-0.2, 0) is 4.79 Å². The van der Waals surface area contributed by atoms with Gasteiger partial charge in [-0.2, -0.15) is 0 Å². The zero-order chi connectivity index (χ0) is 13.3. The average Bonchev–Trinajstić information content (AvgIpc) is 2.88. The molecule has 1 aliphatic rings. The number of hydrogen-bond acceptors (Lipinski definition) is 4. The van der Waals surface area contributed by atoms with E-state index in [-0.39, 0.29) is 17.9 Å². The van der Waals surface area contributed by atoms with Crippen molar-refractivity contribution in [2.45, 2.75) is 38.5 Å². The van der Waals surface area contributed by atoms with Crippen molar-refractivity contribution in [3.05, 3.63) is 22.4 Å². The number of amidine groups is 1. The zero-order valence-electron chi connectivity index (χ0n) is 11.1. The van der Waals surface area contributed by atoms with Crippen molar-refractivity contribution >= 4 is 34.2 Å². The Hall–Kier alpha value is -0.810. The third kappa shape index (κ3) is 2.47. The van der Waals surface area contributed by atoms with Crippen LogP contribution >= 0.6 is 23.1 Å². The summed E-state index contributed by atoms with van der Waals surface area (Å²) in [4.78, 5) is 17.8. The van der Waals surface area contributed by atoms with E-state index in [1.165, 1.54) is 4.88 Å². The lowest BCUT2D eigenvalue weighted by molar-refractivity contribution is -0.122. The van der Waals surface area contributed by atoms with E-state index in [0.29, 0.717) is 0 Å². The summed E-state index contributed by atoms with van der Waals surface area (Å²) in [6.45, 7) is 8.17. The van der Waals surface area contributed by atoms with Crippen molar-refractivity contribution in [2.24, 2.45) is 10.9 Å². The molecule has 1 aromatic rings. The number of thioether (sulfide) groups is 1. The molecule has 0 radical (unpaired) electrons. The third-order valence-electron chi connectivity index (χ3n) is 3.35. The summed E-state index contributed by atoms with van der Waals surface area (Å²) >= 11 is 3.24. The van der Waals surface area contributed by atoms with Crippen LogP contribution in [0.25, 0.3) is 0 Å². The molecular formula is C13H18N2OS2. The van der Waals surface area contributed by atoms with Crippen LogP contribution in [0.3, 0.4) is 0 Å². The first-order chi connectivity index (χ1) is 8.43. The van der Waals surface area contributed by atoms with E-state index in [4.69, 9.17) is 0 Å². The number of rotatable bonds is 3. The van der Waals surface area contributed by atoms with Crippen molar-refractivity contribution in [1.82, 2.24) is 5.32 Å². The molecule has 1 N–H and O–H groups in total. The van der Waals surface area contributed by atoms with Crippen molar-refractivity contribution in [3.63, 3.8) is 0 Å². The van der Waals surface area contributed by atoms with Crippen molar-refractivity contribution < 1.29 is 4.79 Å². The van der Waals surface area contributed by atoms with Crippen LogP contribution in [0.1, 0.15) is 38.6 Å². The average molecular weight is 282 g/mol. The predicted molar refractivity (Wildman–Crippen MR) is 79.1 cm³/mol. The second kappa shape index (κ2) is 5.05. The number of aliphatic imine (C=N–C) groups is 1. The number of nitrogens with zero attached hydrogens (tertiary/aromatic N) is 1. The highest BCUT2D eigenvalue weighted by atomic mass is 32.2. The highest BCUT2D eigenvalue weighted by Gasteiger charge is 2.45. The maximum absolute atomic E-state index is 12.0. The van der Waals surface area contributed by atoms with E-state index in [1.54, 1.807) is 23.1 Å². The summed E-state index contributed by atoms with van der Waals surface area (Å²) in [5, 5.41) is 5.69. The second-order valence-electron chi connectivity index (χ2n) is 4.94. The van der Waals surface area contributed by atoms with Gasteiger partial charge in [-0.05, 0) is 31.2 Å². The van der Waals surface area contributed by atoms with Gasteiger partial charge in [-0.25, -0.2) is 0 Å². The fraction of sp³-hybridized carbons (Fsp3) is 0.538. The first-order valence-corrected chi connectivity index (χ1v) is 7.74. The summed E-state index contributed by atoms with van der Waals surface area (Å²) < 4.78 is -0.395. The van der Waals surface area contributed by atoms with E-state index < -0.39 is 4.75 Å². The van der Waals surface area contributed by atoms with Crippen LogP contribution in [0.15, 0.2) is 22.5 Å². The molecule has 0 saturated carbocycles. The van der Waals surface area contributed by atoms with E-state index in [1.807, 2.05) is 18.4 Å². The van der Waals surface area contributed by atoms with E-state index >= 15 is 0 Å². The largest absolute Gasteiger partial charge is 0.304 e. The van der Waals surface area contributed by atoms with Crippen LogP contribution in [0.5, 0.6) is 0 Å². The van der Waals surface area contributed by atoms with Gasteiger partial charge >= 0.3 is 0 Å². The summed E-state index contributed by atoms with van der Waals surface area (Å²) in [7, 11) is 0. The molecule has 0 aliphatic carbocycles. The Kier molecular flexibility index (Phi) is 3.82. The SMILES string of the molecule is CC(C)[C@@]1(C)SC(=N[C@@H](C)c2cccs2)NC1=O. The smallest absolute Gasteiger partial charge is 0.242 e. The van der Waals surface area contributed by atoms with E-state index in [0.717, 1.165) is 5.17 Å². The minimum absolute atomic E-state index is 0.0691. The van der Waals surface area contributed by atoms with Gasteiger partial charge in [0.25, 0.3) is 0 Å². The minimum Gasteiger partial charge on any atom is -0.304 e. The molecule has 2 heterocycles. The van der Waals surface area contributed by atoms with Crippen molar-refractivity contribution in [1.29, 1.82) is 0 Å². The Labute approximate surface area is 116 Å². The number of carbonyl (C=O) groups is 1. The Bertz CT molecular complexity index is 467. The maximum atomic E-state index is 12.0. The quantitative estimate of drug-likeness (QED) is 0.922. The number of carbonyl (C=O) groups excluding carboxylic acids is 1. The Morgan fingerprint density at radius 1 is 1.39 bits per heavy atom. The van der Waals surface area contributed by atoms with Crippen molar-refractivity contribution in [2.75, 3.05) is 0 Å². The van der Waals surface area contributed by atoms with Gasteiger partial charge in [0.15, 0.2) is 5.17 Å². The molecule has 3 nitrogen and oxygen atoms in total. The Morgan fingerprint density at radius 2 is 2.11 bits per heavy atom. The molecule has 2 rings (SSSR count). The first-order valence-electron chi connectivity index (χ1n) is 6.05. The van der Waals surface area contributed by atoms with Crippen LogP contribution in [0.4, 0.5) is 0 Å². The molecule has 1 amide bonds. The fourth-order valence-corrected chi connectivity index (χ4v) is 3.56. The van der Waals surface area contributed by atoms with Crippen LogP contribution in [0.2, 0.25) is 0 Å². The van der Waals surface area contributed by atoms with Crippen LogP contribution < -0.4 is 5.32 Å². The van der Waals surface area contributed by atoms with E-state index in [9.17, 15) is 4.79 Å². The molecule has 0 spiro atoms. The first kappa shape index (κ1) is 13.6. The molecule has 1 aromatic heterocycles. The Morgan fingerprint density at radius 3 is 2.61 bits per heavy atom.